The quantitative estimate of drug-likeness (QED) is 0.782. The van der Waals surface area contributed by atoms with Crippen molar-refractivity contribution in [3.63, 3.8) is 0 Å². The van der Waals surface area contributed by atoms with E-state index in [1.54, 1.807) is 0 Å². The average molecular weight is 308 g/mol. The summed E-state index contributed by atoms with van der Waals surface area (Å²) in [5, 5.41) is -0.00324. The molecule has 7 nitrogen and oxygen atoms in total. The lowest BCUT2D eigenvalue weighted by Gasteiger charge is -2.25. The van der Waals surface area contributed by atoms with Crippen molar-refractivity contribution in [1.29, 1.82) is 0 Å². The number of hydrogen-bond acceptors (Lipinski definition) is 6. The highest BCUT2D eigenvalue weighted by molar-refractivity contribution is 7.89. The van der Waals surface area contributed by atoms with Crippen LogP contribution >= 0.6 is 11.6 Å². The minimum absolute atomic E-state index is 0.00324. The molecule has 1 aliphatic heterocycles. The largest absolute Gasteiger partial charge is 0.378 e. The third-order valence-electron chi connectivity index (χ3n) is 2.99. The lowest BCUT2D eigenvalue weighted by atomic mass is 10.0. The molecule has 106 valence electrons. The molecule has 1 aromatic rings. The second kappa shape index (κ2) is 5.68. The van der Waals surface area contributed by atoms with Gasteiger partial charge < -0.3 is 9.47 Å². The van der Waals surface area contributed by atoms with Crippen molar-refractivity contribution in [1.82, 2.24) is 14.7 Å². The number of methoxy groups -OCH3 is 1. The highest BCUT2D eigenvalue weighted by Gasteiger charge is 2.36. The Morgan fingerprint density at radius 1 is 1.53 bits per heavy atom. The van der Waals surface area contributed by atoms with Crippen LogP contribution in [-0.2, 0) is 19.5 Å². The zero-order valence-electron chi connectivity index (χ0n) is 10.3. The molecule has 0 bridgehead atoms. The van der Waals surface area contributed by atoms with Crippen molar-refractivity contribution in [2.24, 2.45) is 0 Å². The summed E-state index contributed by atoms with van der Waals surface area (Å²) in [6.07, 6.45) is 2.95. The van der Waals surface area contributed by atoms with Crippen LogP contribution < -0.4 is 4.72 Å². The van der Waals surface area contributed by atoms with Crippen LogP contribution in [0.4, 0.5) is 0 Å². The molecule has 1 unspecified atom stereocenters. The van der Waals surface area contributed by atoms with Crippen molar-refractivity contribution < 1.29 is 17.9 Å². The maximum absolute atomic E-state index is 12.0. The SMILES string of the molecule is COC1(CNS(=O)(=O)c2cnc(Cl)nc2)CCOC1. The monoisotopic (exact) mass is 307 g/mol. The molecule has 0 saturated carbocycles. The van der Waals surface area contributed by atoms with E-state index in [9.17, 15) is 8.42 Å². The molecule has 1 fully saturated rings. The van der Waals surface area contributed by atoms with Gasteiger partial charge in [0.05, 0.1) is 19.0 Å². The Morgan fingerprint density at radius 2 is 2.21 bits per heavy atom. The van der Waals surface area contributed by atoms with Crippen molar-refractivity contribution >= 4 is 21.6 Å². The maximum atomic E-state index is 12.0. The Kier molecular flexibility index (Phi) is 4.36. The van der Waals surface area contributed by atoms with Crippen LogP contribution in [0.25, 0.3) is 0 Å². The molecular formula is C10H14ClN3O4S. The summed E-state index contributed by atoms with van der Waals surface area (Å²) in [5.41, 5.74) is -0.611. The van der Waals surface area contributed by atoms with Gasteiger partial charge in [-0.05, 0) is 11.6 Å². The summed E-state index contributed by atoms with van der Waals surface area (Å²) in [6.45, 7) is 1.05. The van der Waals surface area contributed by atoms with E-state index in [1.807, 2.05) is 0 Å². The first-order valence-corrected chi connectivity index (χ1v) is 7.44. The number of ether oxygens (including phenoxy) is 2. The van der Waals surface area contributed by atoms with Crippen LogP contribution in [-0.4, -0.2) is 50.9 Å². The Bertz CT molecular complexity index is 528. The smallest absolute Gasteiger partial charge is 0.243 e. The summed E-state index contributed by atoms with van der Waals surface area (Å²) in [6, 6.07) is 0. The molecule has 0 radical (unpaired) electrons. The Hall–Kier alpha value is -0.800. The van der Waals surface area contributed by atoms with Gasteiger partial charge in [-0.3, -0.25) is 0 Å². The van der Waals surface area contributed by atoms with E-state index in [-0.39, 0.29) is 16.7 Å². The molecule has 1 aliphatic rings. The van der Waals surface area contributed by atoms with Gasteiger partial charge in [0.1, 0.15) is 10.5 Å². The second-order valence-electron chi connectivity index (χ2n) is 4.20. The van der Waals surface area contributed by atoms with Crippen molar-refractivity contribution in [3.8, 4) is 0 Å². The van der Waals surface area contributed by atoms with E-state index in [0.29, 0.717) is 19.6 Å². The van der Waals surface area contributed by atoms with Gasteiger partial charge in [-0.25, -0.2) is 23.1 Å². The van der Waals surface area contributed by atoms with Gasteiger partial charge in [0, 0.05) is 26.7 Å². The fourth-order valence-corrected chi connectivity index (χ4v) is 2.81. The molecule has 0 amide bonds. The molecule has 2 rings (SSSR count). The molecule has 0 aromatic carbocycles. The van der Waals surface area contributed by atoms with E-state index in [4.69, 9.17) is 21.1 Å². The third kappa shape index (κ3) is 3.40. The number of aromatic nitrogens is 2. The van der Waals surface area contributed by atoms with Crippen LogP contribution in [0.3, 0.4) is 0 Å². The molecule has 19 heavy (non-hydrogen) atoms. The summed E-state index contributed by atoms with van der Waals surface area (Å²) < 4.78 is 37.1. The topological polar surface area (TPSA) is 90.4 Å². The standard InChI is InChI=1S/C10H14ClN3O4S/c1-17-10(2-3-18-7-10)6-14-19(15,16)8-4-12-9(11)13-5-8/h4-5,14H,2-3,6-7H2,1H3. The normalized spacial score (nSPS) is 23.7. The second-order valence-corrected chi connectivity index (χ2v) is 6.31. The van der Waals surface area contributed by atoms with Gasteiger partial charge in [-0.2, -0.15) is 0 Å². The first-order chi connectivity index (χ1) is 8.97. The zero-order chi connectivity index (χ0) is 13.9. The van der Waals surface area contributed by atoms with Crippen LogP contribution in [0.15, 0.2) is 17.3 Å². The number of halogens is 1. The number of rotatable bonds is 5. The Labute approximate surface area is 116 Å². The highest BCUT2D eigenvalue weighted by Crippen LogP contribution is 2.22. The lowest BCUT2D eigenvalue weighted by molar-refractivity contribution is -0.0120. The molecular weight excluding hydrogens is 294 g/mol. The number of hydrogen-bond donors (Lipinski definition) is 1. The minimum Gasteiger partial charge on any atom is -0.378 e. The Morgan fingerprint density at radius 3 is 2.74 bits per heavy atom. The van der Waals surface area contributed by atoms with Gasteiger partial charge in [0.15, 0.2) is 0 Å². The summed E-state index contributed by atoms with van der Waals surface area (Å²) in [4.78, 5) is 7.24. The van der Waals surface area contributed by atoms with Gasteiger partial charge in [0.2, 0.25) is 15.3 Å². The fraction of sp³-hybridized carbons (Fsp3) is 0.600. The van der Waals surface area contributed by atoms with E-state index >= 15 is 0 Å². The van der Waals surface area contributed by atoms with Crippen LogP contribution in [0, 0.1) is 0 Å². The molecule has 1 aromatic heterocycles. The van der Waals surface area contributed by atoms with Crippen LogP contribution in [0.5, 0.6) is 0 Å². The molecule has 1 atom stereocenters. The van der Waals surface area contributed by atoms with Gasteiger partial charge in [0.25, 0.3) is 0 Å². The first-order valence-electron chi connectivity index (χ1n) is 5.58. The van der Waals surface area contributed by atoms with E-state index in [1.165, 1.54) is 7.11 Å². The maximum Gasteiger partial charge on any atom is 0.243 e. The summed E-state index contributed by atoms with van der Waals surface area (Å²) in [5.74, 6) is 0. The predicted octanol–water partition coefficient (Wildman–Crippen LogP) is 0.214. The van der Waals surface area contributed by atoms with Crippen molar-refractivity contribution in [3.05, 3.63) is 17.7 Å². The van der Waals surface area contributed by atoms with Gasteiger partial charge in [-0.15, -0.1) is 0 Å². The molecule has 0 spiro atoms. The Balaban J connectivity index is 2.07. The minimum atomic E-state index is -3.68. The number of sulfonamides is 1. The predicted molar refractivity (Wildman–Crippen MR) is 67.4 cm³/mol. The van der Waals surface area contributed by atoms with Crippen LogP contribution in [0.1, 0.15) is 6.42 Å². The van der Waals surface area contributed by atoms with Crippen molar-refractivity contribution in [2.75, 3.05) is 26.9 Å². The molecule has 1 N–H and O–H groups in total. The summed E-state index contributed by atoms with van der Waals surface area (Å²) in [7, 11) is -2.15. The van der Waals surface area contributed by atoms with E-state index in [2.05, 4.69) is 14.7 Å². The van der Waals surface area contributed by atoms with Gasteiger partial charge >= 0.3 is 0 Å². The van der Waals surface area contributed by atoms with Crippen LogP contribution in [0.2, 0.25) is 5.28 Å². The number of nitrogens with zero attached hydrogens (tertiary/aromatic N) is 2. The molecule has 2 heterocycles. The van der Waals surface area contributed by atoms with Crippen molar-refractivity contribution in [2.45, 2.75) is 16.9 Å². The first kappa shape index (κ1) is 14.6. The molecule has 0 aliphatic carbocycles. The lowest BCUT2D eigenvalue weighted by Crippen LogP contribution is -2.44. The summed E-state index contributed by atoms with van der Waals surface area (Å²) >= 11 is 5.51. The number of nitrogens with one attached hydrogen (secondary N) is 1. The average Bonchev–Trinajstić information content (AvgIpc) is 2.87. The molecule has 9 heteroatoms. The fourth-order valence-electron chi connectivity index (χ4n) is 1.71. The molecule has 1 saturated heterocycles. The van der Waals surface area contributed by atoms with Gasteiger partial charge in [-0.1, -0.05) is 0 Å². The zero-order valence-corrected chi connectivity index (χ0v) is 11.9. The van der Waals surface area contributed by atoms with E-state index < -0.39 is 15.6 Å². The third-order valence-corrected chi connectivity index (χ3v) is 4.54. The van der Waals surface area contributed by atoms with E-state index in [0.717, 1.165) is 12.4 Å². The highest BCUT2D eigenvalue weighted by atomic mass is 35.5.